The molecule has 9 heteroatoms. The number of anilines is 4. The number of carbonyl (C=O) groups excluding carboxylic acids is 1. The van der Waals surface area contributed by atoms with E-state index in [1.807, 2.05) is 55.5 Å². The second-order valence-electron chi connectivity index (χ2n) is 10.0. The molecule has 4 N–H and O–H groups in total. The van der Waals surface area contributed by atoms with Crippen LogP contribution in [0.1, 0.15) is 53.3 Å². The highest BCUT2D eigenvalue weighted by molar-refractivity contribution is 5.99. The van der Waals surface area contributed by atoms with E-state index >= 15 is 0 Å². The van der Waals surface area contributed by atoms with Crippen molar-refractivity contribution in [2.24, 2.45) is 0 Å². The molecule has 1 aliphatic heterocycles. The van der Waals surface area contributed by atoms with Gasteiger partial charge in [0.25, 0.3) is 5.91 Å². The fourth-order valence-corrected chi connectivity index (χ4v) is 4.85. The average Bonchev–Trinajstić information content (AvgIpc) is 3.40. The summed E-state index contributed by atoms with van der Waals surface area (Å²) in [5, 5.41) is 19.2. The second-order valence-corrected chi connectivity index (χ2v) is 10.0. The third-order valence-electron chi connectivity index (χ3n) is 6.98. The van der Waals surface area contributed by atoms with Crippen LogP contribution in [0, 0.1) is 6.92 Å². The number of benzene rings is 2. The van der Waals surface area contributed by atoms with Crippen LogP contribution in [0.3, 0.4) is 0 Å². The molecule has 4 aromatic rings. The summed E-state index contributed by atoms with van der Waals surface area (Å²) in [5.74, 6) is 2.60. The van der Waals surface area contributed by atoms with Crippen LogP contribution in [0.2, 0.25) is 0 Å². The Morgan fingerprint density at radius 3 is 2.65 bits per heavy atom. The molecular formula is C28H32N8O. The Balaban J connectivity index is 1.11. The van der Waals surface area contributed by atoms with Crippen LogP contribution in [0.15, 0.2) is 48.5 Å². The number of rotatable bonds is 9. The summed E-state index contributed by atoms with van der Waals surface area (Å²) in [4.78, 5) is 24.2. The minimum atomic E-state index is -0.0296. The number of nitrogens with one attached hydrogen (secondary N) is 4. The lowest BCUT2D eigenvalue weighted by atomic mass is 10.1. The third-order valence-corrected chi connectivity index (χ3v) is 6.98. The zero-order valence-corrected chi connectivity index (χ0v) is 21.1. The molecule has 190 valence electrons. The van der Waals surface area contributed by atoms with E-state index in [2.05, 4.69) is 41.0 Å². The number of amides is 1. The molecule has 2 aromatic heterocycles. The first-order valence-corrected chi connectivity index (χ1v) is 13.1. The number of likely N-dealkylation sites (tertiary alicyclic amines) is 1. The van der Waals surface area contributed by atoms with Gasteiger partial charge in [-0.25, -0.2) is 4.98 Å². The van der Waals surface area contributed by atoms with Crippen molar-refractivity contribution < 1.29 is 4.79 Å². The molecule has 0 atom stereocenters. The number of aromatic nitrogens is 4. The van der Waals surface area contributed by atoms with Gasteiger partial charge in [0.1, 0.15) is 11.6 Å². The Kier molecular flexibility index (Phi) is 6.44. The number of aromatic amines is 1. The number of fused-ring (bicyclic) bond motifs is 1. The van der Waals surface area contributed by atoms with Gasteiger partial charge in [-0.05, 0) is 80.7 Å². The minimum Gasteiger partial charge on any atom is -0.351 e. The molecule has 2 fully saturated rings. The predicted molar refractivity (Wildman–Crippen MR) is 146 cm³/mol. The standard InChI is InChI=1S/C28H32N8O/c1-18-14-25(32-26-17-24(34-35-26)19-4-5-19)33-28(30-18)31-23-9-8-20-15-22(7-6-21(20)16-23)27(37)29-10-13-36-11-2-3-12-36/h6-9,14-17,19H,2-5,10-13H2,1H3,(H,29,37)(H3,30,31,32,33,34,35). The van der Waals surface area contributed by atoms with Gasteiger partial charge in [0.2, 0.25) is 5.95 Å². The Bertz CT molecular complexity index is 1420. The van der Waals surface area contributed by atoms with Gasteiger partial charge in [0.15, 0.2) is 0 Å². The minimum absolute atomic E-state index is 0.0296. The molecule has 3 heterocycles. The van der Waals surface area contributed by atoms with Crippen molar-refractivity contribution in [3.8, 4) is 0 Å². The molecule has 0 spiro atoms. The Labute approximate surface area is 216 Å². The van der Waals surface area contributed by atoms with Gasteiger partial charge in [-0.2, -0.15) is 10.1 Å². The maximum absolute atomic E-state index is 12.6. The monoisotopic (exact) mass is 496 g/mol. The SMILES string of the molecule is Cc1cc(Nc2cc(C3CC3)n[nH]2)nc(Nc2ccc3cc(C(=O)NCCN4CCCC4)ccc3c2)n1. The molecule has 6 rings (SSSR count). The van der Waals surface area contributed by atoms with Crippen molar-refractivity contribution in [3.05, 3.63) is 65.5 Å². The molecule has 0 bridgehead atoms. The van der Waals surface area contributed by atoms with Crippen LogP contribution >= 0.6 is 0 Å². The lowest BCUT2D eigenvalue weighted by molar-refractivity contribution is 0.0950. The largest absolute Gasteiger partial charge is 0.351 e. The number of nitrogens with zero attached hydrogens (tertiary/aromatic N) is 4. The van der Waals surface area contributed by atoms with Gasteiger partial charge < -0.3 is 20.9 Å². The average molecular weight is 497 g/mol. The fraction of sp³-hybridized carbons (Fsp3) is 0.357. The smallest absolute Gasteiger partial charge is 0.251 e. The topological polar surface area (TPSA) is 111 Å². The van der Waals surface area contributed by atoms with Crippen LogP contribution < -0.4 is 16.0 Å². The Hall–Kier alpha value is -3.98. The van der Waals surface area contributed by atoms with Gasteiger partial charge in [-0.15, -0.1) is 0 Å². The highest BCUT2D eigenvalue weighted by Gasteiger charge is 2.26. The van der Waals surface area contributed by atoms with Crippen LogP contribution in [0.25, 0.3) is 10.8 Å². The second kappa shape index (κ2) is 10.2. The molecule has 0 radical (unpaired) electrons. The molecule has 0 unspecified atom stereocenters. The van der Waals surface area contributed by atoms with Gasteiger partial charge in [0.05, 0.1) is 5.69 Å². The van der Waals surface area contributed by atoms with E-state index < -0.39 is 0 Å². The predicted octanol–water partition coefficient (Wildman–Crippen LogP) is 4.85. The van der Waals surface area contributed by atoms with E-state index in [-0.39, 0.29) is 5.91 Å². The first-order chi connectivity index (χ1) is 18.1. The van der Waals surface area contributed by atoms with Crippen molar-refractivity contribution >= 4 is 40.0 Å². The lowest BCUT2D eigenvalue weighted by Crippen LogP contribution is -2.33. The van der Waals surface area contributed by atoms with Crippen molar-refractivity contribution in [2.45, 2.75) is 38.5 Å². The van der Waals surface area contributed by atoms with Crippen molar-refractivity contribution in [2.75, 3.05) is 36.8 Å². The van der Waals surface area contributed by atoms with Crippen molar-refractivity contribution in [1.82, 2.24) is 30.4 Å². The third kappa shape index (κ3) is 5.72. The summed E-state index contributed by atoms with van der Waals surface area (Å²) in [6.45, 7) is 5.81. The van der Waals surface area contributed by atoms with Crippen LogP contribution in [-0.2, 0) is 0 Å². The molecule has 9 nitrogen and oxygen atoms in total. The van der Waals surface area contributed by atoms with Crippen LogP contribution in [0.5, 0.6) is 0 Å². The van der Waals surface area contributed by atoms with E-state index in [0.717, 1.165) is 53.3 Å². The number of hydrogen-bond donors (Lipinski definition) is 4. The lowest BCUT2D eigenvalue weighted by Gasteiger charge is -2.14. The number of aryl methyl sites for hydroxylation is 1. The van der Waals surface area contributed by atoms with Crippen molar-refractivity contribution in [1.29, 1.82) is 0 Å². The number of H-pyrrole nitrogens is 1. The summed E-state index contributed by atoms with van der Waals surface area (Å²) in [5.41, 5.74) is 3.51. The normalized spacial score (nSPS) is 15.7. The number of hydrogen-bond acceptors (Lipinski definition) is 7. The van der Waals surface area contributed by atoms with Gasteiger partial charge >= 0.3 is 0 Å². The van der Waals surface area contributed by atoms with Crippen molar-refractivity contribution in [3.63, 3.8) is 0 Å². The summed E-state index contributed by atoms with van der Waals surface area (Å²) < 4.78 is 0. The van der Waals surface area contributed by atoms with E-state index in [0.29, 0.717) is 29.8 Å². The molecule has 2 aliphatic rings. The van der Waals surface area contributed by atoms with Gasteiger partial charge in [-0.1, -0.05) is 12.1 Å². The molecule has 1 aliphatic carbocycles. The van der Waals surface area contributed by atoms with E-state index in [1.54, 1.807) is 0 Å². The number of carbonyl (C=O) groups is 1. The fourth-order valence-electron chi connectivity index (χ4n) is 4.85. The van der Waals surface area contributed by atoms with Crippen LogP contribution in [0.4, 0.5) is 23.3 Å². The van der Waals surface area contributed by atoms with Gasteiger partial charge in [0, 0.05) is 48.1 Å². The first kappa shape index (κ1) is 23.4. The van der Waals surface area contributed by atoms with E-state index in [9.17, 15) is 4.79 Å². The molecule has 1 saturated carbocycles. The van der Waals surface area contributed by atoms with Gasteiger partial charge in [-0.3, -0.25) is 9.89 Å². The maximum Gasteiger partial charge on any atom is 0.251 e. The van der Waals surface area contributed by atoms with E-state index in [1.165, 1.54) is 25.7 Å². The summed E-state index contributed by atoms with van der Waals surface area (Å²) in [7, 11) is 0. The maximum atomic E-state index is 12.6. The quantitative estimate of drug-likeness (QED) is 0.262. The summed E-state index contributed by atoms with van der Waals surface area (Å²) in [6, 6.07) is 15.8. The Morgan fingerprint density at radius 1 is 1.00 bits per heavy atom. The summed E-state index contributed by atoms with van der Waals surface area (Å²) in [6.07, 6.45) is 4.94. The summed E-state index contributed by atoms with van der Waals surface area (Å²) >= 11 is 0. The van der Waals surface area contributed by atoms with E-state index in [4.69, 9.17) is 0 Å². The first-order valence-electron chi connectivity index (χ1n) is 13.1. The van der Waals surface area contributed by atoms with Crippen LogP contribution in [-0.4, -0.2) is 57.2 Å². The highest BCUT2D eigenvalue weighted by atomic mass is 16.1. The molecular weight excluding hydrogens is 464 g/mol. The highest BCUT2D eigenvalue weighted by Crippen LogP contribution is 2.39. The zero-order chi connectivity index (χ0) is 25.2. The molecule has 2 aromatic carbocycles. The molecule has 37 heavy (non-hydrogen) atoms. The molecule has 1 amide bonds. The Morgan fingerprint density at radius 2 is 1.81 bits per heavy atom. The molecule has 1 saturated heterocycles. The zero-order valence-electron chi connectivity index (χ0n) is 21.1.